The lowest BCUT2D eigenvalue weighted by molar-refractivity contribution is -0.118. The van der Waals surface area contributed by atoms with Crippen LogP contribution >= 0.6 is 34.7 Å². The number of carbonyl (C=O) groups is 1. The Bertz CT molecular complexity index is 1240. The zero-order valence-electron chi connectivity index (χ0n) is 18.8. The molecule has 0 atom stereocenters. The highest BCUT2D eigenvalue weighted by Crippen LogP contribution is 2.32. The molecule has 2 aromatic carbocycles. The molecule has 0 aliphatic carbocycles. The number of rotatable bonds is 9. The minimum Gasteiger partial charge on any atom is -0.379 e. The van der Waals surface area contributed by atoms with Crippen molar-refractivity contribution in [1.82, 2.24) is 9.88 Å². The molecule has 3 aromatic rings. The molecule has 0 bridgehead atoms. The van der Waals surface area contributed by atoms with Crippen molar-refractivity contribution in [2.45, 2.75) is 16.2 Å². The van der Waals surface area contributed by atoms with Gasteiger partial charge < -0.3 is 4.74 Å². The molecule has 4 rings (SSSR count). The number of hydrogen-bond acceptors (Lipinski definition) is 8. The van der Waals surface area contributed by atoms with Gasteiger partial charge in [-0.25, -0.2) is 13.4 Å². The van der Waals surface area contributed by atoms with Gasteiger partial charge in [0, 0.05) is 42.5 Å². The van der Waals surface area contributed by atoms with Crippen molar-refractivity contribution in [3.63, 3.8) is 0 Å². The van der Waals surface area contributed by atoms with Crippen LogP contribution in [0.15, 0.2) is 52.3 Å². The molecule has 1 saturated heterocycles. The second kappa shape index (κ2) is 11.4. The summed E-state index contributed by atoms with van der Waals surface area (Å²) in [6.45, 7) is 4.08. The topological polar surface area (TPSA) is 79.8 Å². The molecule has 1 aromatic heterocycles. The number of nitrogens with zero attached hydrogens (tertiary/aromatic N) is 3. The summed E-state index contributed by atoms with van der Waals surface area (Å²) in [7, 11) is -3.61. The molecule has 34 heavy (non-hydrogen) atoms. The van der Waals surface area contributed by atoms with Crippen molar-refractivity contribution < 1.29 is 17.9 Å². The summed E-state index contributed by atoms with van der Waals surface area (Å²) in [6.07, 6.45) is 1.89. The van der Waals surface area contributed by atoms with E-state index in [1.807, 2.05) is 18.4 Å². The van der Waals surface area contributed by atoms with E-state index in [2.05, 4.69) is 11.0 Å². The zero-order chi connectivity index (χ0) is 24.1. The Balaban J connectivity index is 1.52. The van der Waals surface area contributed by atoms with Crippen LogP contribution in [0, 0.1) is 0 Å². The number of hydrogen-bond donors (Lipinski definition) is 0. The number of carbonyl (C=O) groups excluding carboxylic acids is 1. The molecule has 0 N–H and O–H groups in total. The zero-order valence-corrected chi connectivity index (χ0v) is 22.0. The number of anilines is 1. The molecule has 1 aliphatic rings. The lowest BCUT2D eigenvalue weighted by atomic mass is 10.3. The fourth-order valence-corrected chi connectivity index (χ4v) is 6.56. The average Bonchev–Trinajstić information content (AvgIpc) is 3.26. The van der Waals surface area contributed by atoms with E-state index in [9.17, 15) is 13.2 Å². The summed E-state index contributed by atoms with van der Waals surface area (Å²) in [5.41, 5.74) is 0.829. The number of aromatic nitrogens is 1. The largest absolute Gasteiger partial charge is 0.379 e. The van der Waals surface area contributed by atoms with Crippen LogP contribution < -0.4 is 4.90 Å². The third kappa shape index (κ3) is 6.30. The standard InChI is InChI=1S/C23H26ClN3O4S3/c1-32-18-4-7-20-21(16-18)33-23(25-20)27(10-9-26-11-13-31-14-12-26)22(28)8-15-34(29,30)19-5-2-17(24)3-6-19/h2-7,16H,8-15H2,1H3. The summed E-state index contributed by atoms with van der Waals surface area (Å²) in [5.74, 6) is -0.529. The van der Waals surface area contributed by atoms with Gasteiger partial charge in [-0.2, -0.15) is 0 Å². The predicted octanol–water partition coefficient (Wildman–Crippen LogP) is 4.20. The molecular formula is C23H26ClN3O4S3. The maximum atomic E-state index is 13.3. The smallest absolute Gasteiger partial charge is 0.229 e. The second-order valence-electron chi connectivity index (χ2n) is 7.85. The van der Waals surface area contributed by atoms with E-state index in [0.29, 0.717) is 36.5 Å². The summed E-state index contributed by atoms with van der Waals surface area (Å²) >= 11 is 8.98. The van der Waals surface area contributed by atoms with Crippen molar-refractivity contribution in [3.8, 4) is 0 Å². The first-order chi connectivity index (χ1) is 16.4. The number of benzene rings is 2. The van der Waals surface area contributed by atoms with Gasteiger partial charge in [-0.05, 0) is 48.7 Å². The molecule has 11 heteroatoms. The number of sulfone groups is 1. The van der Waals surface area contributed by atoms with Crippen molar-refractivity contribution in [1.29, 1.82) is 0 Å². The molecule has 1 aliphatic heterocycles. The SMILES string of the molecule is CSc1ccc2nc(N(CCN3CCOCC3)C(=O)CCS(=O)(=O)c3ccc(Cl)cc3)sc2c1. The van der Waals surface area contributed by atoms with E-state index in [4.69, 9.17) is 21.3 Å². The van der Waals surface area contributed by atoms with Crippen LogP contribution in [0.1, 0.15) is 6.42 Å². The van der Waals surface area contributed by atoms with Gasteiger partial charge >= 0.3 is 0 Å². The van der Waals surface area contributed by atoms with E-state index in [1.165, 1.54) is 35.6 Å². The highest BCUT2D eigenvalue weighted by molar-refractivity contribution is 7.98. The van der Waals surface area contributed by atoms with Crippen LogP contribution in [0.5, 0.6) is 0 Å². The minimum absolute atomic E-state index is 0.125. The number of thioether (sulfide) groups is 1. The molecule has 0 saturated carbocycles. The van der Waals surface area contributed by atoms with Crippen LogP contribution in [0.4, 0.5) is 5.13 Å². The van der Waals surface area contributed by atoms with E-state index in [0.717, 1.165) is 28.2 Å². The van der Waals surface area contributed by atoms with E-state index in [-0.39, 0.29) is 23.0 Å². The van der Waals surface area contributed by atoms with Gasteiger partial charge in [0.15, 0.2) is 15.0 Å². The normalized spacial score (nSPS) is 15.0. The van der Waals surface area contributed by atoms with Crippen molar-refractivity contribution in [2.75, 3.05) is 56.3 Å². The molecule has 1 amide bonds. The van der Waals surface area contributed by atoms with Crippen molar-refractivity contribution in [2.24, 2.45) is 0 Å². The highest BCUT2D eigenvalue weighted by Gasteiger charge is 2.24. The number of thiazole rings is 1. The summed E-state index contributed by atoms with van der Waals surface area (Å²) in [4.78, 5) is 23.2. The third-order valence-electron chi connectivity index (χ3n) is 5.62. The van der Waals surface area contributed by atoms with Crippen molar-refractivity contribution >= 4 is 65.8 Å². The summed E-state index contributed by atoms with van der Waals surface area (Å²) in [6, 6.07) is 12.0. The first-order valence-electron chi connectivity index (χ1n) is 10.9. The molecule has 2 heterocycles. The van der Waals surface area contributed by atoms with Crippen molar-refractivity contribution in [3.05, 3.63) is 47.5 Å². The summed E-state index contributed by atoms with van der Waals surface area (Å²) < 4.78 is 32.0. The fraction of sp³-hybridized carbons (Fsp3) is 0.391. The van der Waals surface area contributed by atoms with Gasteiger partial charge in [0.05, 0.1) is 34.1 Å². The lowest BCUT2D eigenvalue weighted by Gasteiger charge is -2.29. The third-order valence-corrected chi connectivity index (χ3v) is 9.37. The number of amides is 1. The Labute approximate surface area is 213 Å². The maximum Gasteiger partial charge on any atom is 0.229 e. The number of morpholine rings is 1. The number of ether oxygens (including phenoxy) is 1. The predicted molar refractivity (Wildman–Crippen MR) is 139 cm³/mol. The molecule has 0 unspecified atom stereocenters. The van der Waals surface area contributed by atoms with Crippen LogP contribution in [-0.2, 0) is 19.4 Å². The molecular weight excluding hydrogens is 514 g/mol. The first-order valence-corrected chi connectivity index (χ1v) is 15.0. The first kappa shape index (κ1) is 25.4. The van der Waals surface area contributed by atoms with Gasteiger partial charge in [0.2, 0.25) is 5.91 Å². The minimum atomic E-state index is -3.61. The highest BCUT2D eigenvalue weighted by atomic mass is 35.5. The van der Waals surface area contributed by atoms with Crippen LogP contribution in [-0.4, -0.2) is 75.6 Å². The Kier molecular flexibility index (Phi) is 8.49. The monoisotopic (exact) mass is 539 g/mol. The molecule has 182 valence electrons. The van der Waals surface area contributed by atoms with Gasteiger partial charge in [-0.15, -0.1) is 11.8 Å². The Morgan fingerprint density at radius 2 is 1.94 bits per heavy atom. The van der Waals surface area contributed by atoms with Crippen LogP contribution in [0.2, 0.25) is 5.02 Å². The van der Waals surface area contributed by atoms with E-state index in [1.54, 1.807) is 16.7 Å². The van der Waals surface area contributed by atoms with E-state index >= 15 is 0 Å². The Hall–Kier alpha value is -1.69. The fourth-order valence-electron chi connectivity index (χ4n) is 3.64. The Morgan fingerprint density at radius 1 is 1.21 bits per heavy atom. The summed E-state index contributed by atoms with van der Waals surface area (Å²) in [5, 5.41) is 1.06. The van der Waals surface area contributed by atoms with Gasteiger partial charge in [0.1, 0.15) is 0 Å². The number of halogens is 1. The Morgan fingerprint density at radius 3 is 2.65 bits per heavy atom. The molecule has 0 radical (unpaired) electrons. The van der Waals surface area contributed by atoms with Gasteiger partial charge in [-0.3, -0.25) is 14.6 Å². The second-order valence-corrected chi connectivity index (χ2v) is 12.3. The maximum absolute atomic E-state index is 13.3. The quantitative estimate of drug-likeness (QED) is 0.377. The molecule has 7 nitrogen and oxygen atoms in total. The average molecular weight is 540 g/mol. The lowest BCUT2D eigenvalue weighted by Crippen LogP contribution is -2.43. The number of fused-ring (bicyclic) bond motifs is 1. The van der Waals surface area contributed by atoms with Crippen LogP contribution in [0.3, 0.4) is 0 Å². The van der Waals surface area contributed by atoms with Gasteiger partial charge in [0.25, 0.3) is 0 Å². The van der Waals surface area contributed by atoms with E-state index < -0.39 is 9.84 Å². The molecule has 1 fully saturated rings. The molecule has 0 spiro atoms. The van der Waals surface area contributed by atoms with Gasteiger partial charge in [-0.1, -0.05) is 22.9 Å². The van der Waals surface area contributed by atoms with Crippen LogP contribution in [0.25, 0.3) is 10.2 Å².